The van der Waals surface area contributed by atoms with E-state index in [4.69, 9.17) is 4.74 Å². The van der Waals surface area contributed by atoms with E-state index in [-0.39, 0.29) is 0 Å². The summed E-state index contributed by atoms with van der Waals surface area (Å²) in [5, 5.41) is 3.73. The quantitative estimate of drug-likeness (QED) is 0.722. The molecule has 2 heterocycles. The fourth-order valence-electron chi connectivity index (χ4n) is 2.53. The van der Waals surface area contributed by atoms with Gasteiger partial charge in [-0.2, -0.15) is 0 Å². The molecular weight excluding hydrogens is 176 g/mol. The molecule has 3 heteroatoms. The summed E-state index contributed by atoms with van der Waals surface area (Å²) in [5.41, 5.74) is 0. The lowest BCUT2D eigenvalue weighted by molar-refractivity contribution is 0.176. The van der Waals surface area contributed by atoms with E-state index in [2.05, 4.69) is 24.2 Å². The fraction of sp³-hybridized carbons (Fsp3) is 1.00. The Morgan fingerprint density at radius 3 is 2.86 bits per heavy atom. The van der Waals surface area contributed by atoms with Gasteiger partial charge in [0.1, 0.15) is 0 Å². The first-order valence-corrected chi connectivity index (χ1v) is 5.78. The summed E-state index contributed by atoms with van der Waals surface area (Å²) in [7, 11) is 2.20. The standard InChI is InChI=1S/C11H22N2O/c1-9(10-4-6-14-8-10)12-11-3-5-13(2)7-11/h9-12H,3-8H2,1-2H3. The van der Waals surface area contributed by atoms with Crippen molar-refractivity contribution in [3.63, 3.8) is 0 Å². The van der Waals surface area contributed by atoms with Gasteiger partial charge in [0.15, 0.2) is 0 Å². The Morgan fingerprint density at radius 1 is 1.43 bits per heavy atom. The lowest BCUT2D eigenvalue weighted by Crippen LogP contribution is -2.42. The lowest BCUT2D eigenvalue weighted by atomic mass is 10.00. The van der Waals surface area contributed by atoms with Crippen molar-refractivity contribution in [2.75, 3.05) is 33.4 Å². The zero-order valence-electron chi connectivity index (χ0n) is 9.33. The molecule has 0 amide bonds. The third kappa shape index (κ3) is 2.47. The van der Waals surface area contributed by atoms with E-state index >= 15 is 0 Å². The predicted molar refractivity (Wildman–Crippen MR) is 57.4 cm³/mol. The summed E-state index contributed by atoms with van der Waals surface area (Å²) in [6.45, 7) is 6.67. The first kappa shape index (κ1) is 10.4. The molecule has 82 valence electrons. The van der Waals surface area contributed by atoms with Crippen LogP contribution in [0.1, 0.15) is 19.8 Å². The van der Waals surface area contributed by atoms with Gasteiger partial charge in [-0.3, -0.25) is 0 Å². The number of likely N-dealkylation sites (tertiary alicyclic amines) is 1. The van der Waals surface area contributed by atoms with Crippen molar-refractivity contribution in [2.24, 2.45) is 5.92 Å². The van der Waals surface area contributed by atoms with Gasteiger partial charge in [-0.1, -0.05) is 0 Å². The van der Waals surface area contributed by atoms with Crippen LogP contribution < -0.4 is 5.32 Å². The average Bonchev–Trinajstić information content (AvgIpc) is 2.75. The first-order valence-electron chi connectivity index (χ1n) is 5.78. The smallest absolute Gasteiger partial charge is 0.0509 e. The summed E-state index contributed by atoms with van der Waals surface area (Å²) in [5.74, 6) is 0.737. The zero-order chi connectivity index (χ0) is 9.97. The minimum Gasteiger partial charge on any atom is -0.381 e. The van der Waals surface area contributed by atoms with Crippen LogP contribution >= 0.6 is 0 Å². The Hall–Kier alpha value is -0.120. The maximum Gasteiger partial charge on any atom is 0.0509 e. The Morgan fingerprint density at radius 2 is 2.29 bits per heavy atom. The van der Waals surface area contributed by atoms with Crippen LogP contribution in [0.5, 0.6) is 0 Å². The fourth-order valence-corrected chi connectivity index (χ4v) is 2.53. The van der Waals surface area contributed by atoms with Crippen LogP contribution in [0.4, 0.5) is 0 Å². The van der Waals surface area contributed by atoms with Crippen molar-refractivity contribution in [1.29, 1.82) is 0 Å². The summed E-state index contributed by atoms with van der Waals surface area (Å²) in [4.78, 5) is 2.40. The molecule has 0 saturated carbocycles. The van der Waals surface area contributed by atoms with Crippen LogP contribution in [0.3, 0.4) is 0 Å². The molecule has 1 N–H and O–H groups in total. The molecule has 0 aromatic heterocycles. The molecule has 3 nitrogen and oxygen atoms in total. The second-order valence-electron chi connectivity index (χ2n) is 4.83. The topological polar surface area (TPSA) is 24.5 Å². The van der Waals surface area contributed by atoms with Gasteiger partial charge < -0.3 is 15.0 Å². The highest BCUT2D eigenvalue weighted by molar-refractivity contribution is 4.84. The highest BCUT2D eigenvalue weighted by atomic mass is 16.5. The molecule has 0 aliphatic carbocycles. The molecule has 2 aliphatic rings. The third-order valence-corrected chi connectivity index (χ3v) is 3.56. The van der Waals surface area contributed by atoms with Gasteiger partial charge in [0, 0.05) is 25.2 Å². The van der Waals surface area contributed by atoms with E-state index in [0.717, 1.165) is 19.1 Å². The number of rotatable bonds is 3. The summed E-state index contributed by atoms with van der Waals surface area (Å²) >= 11 is 0. The number of hydrogen-bond acceptors (Lipinski definition) is 3. The maximum absolute atomic E-state index is 5.41. The van der Waals surface area contributed by atoms with E-state index in [9.17, 15) is 0 Å². The predicted octanol–water partition coefficient (Wildman–Crippen LogP) is 0.705. The Balaban J connectivity index is 1.73. The second-order valence-corrected chi connectivity index (χ2v) is 4.83. The van der Waals surface area contributed by atoms with E-state index in [0.29, 0.717) is 12.1 Å². The largest absolute Gasteiger partial charge is 0.381 e. The second kappa shape index (κ2) is 4.60. The highest BCUT2D eigenvalue weighted by Crippen LogP contribution is 2.18. The highest BCUT2D eigenvalue weighted by Gasteiger charge is 2.26. The minimum absolute atomic E-state index is 0.619. The SMILES string of the molecule is CC(NC1CCN(C)C1)C1CCOC1. The van der Waals surface area contributed by atoms with Gasteiger partial charge in [0.2, 0.25) is 0 Å². The Labute approximate surface area is 86.8 Å². The number of nitrogens with zero attached hydrogens (tertiary/aromatic N) is 1. The Bertz CT molecular complexity index is 180. The minimum atomic E-state index is 0.619. The zero-order valence-corrected chi connectivity index (χ0v) is 9.33. The third-order valence-electron chi connectivity index (χ3n) is 3.56. The number of hydrogen-bond donors (Lipinski definition) is 1. The first-order chi connectivity index (χ1) is 6.75. The van der Waals surface area contributed by atoms with Gasteiger partial charge in [-0.25, -0.2) is 0 Å². The average molecular weight is 198 g/mol. The molecule has 2 saturated heterocycles. The van der Waals surface area contributed by atoms with Gasteiger partial charge in [0.05, 0.1) is 6.61 Å². The summed E-state index contributed by atoms with van der Waals surface area (Å²) in [6, 6.07) is 1.32. The molecular formula is C11H22N2O. The molecule has 2 rings (SSSR count). The van der Waals surface area contributed by atoms with E-state index in [1.54, 1.807) is 0 Å². The lowest BCUT2D eigenvalue weighted by Gasteiger charge is -2.23. The number of nitrogens with one attached hydrogen (secondary N) is 1. The van der Waals surface area contributed by atoms with Crippen molar-refractivity contribution < 1.29 is 4.74 Å². The maximum atomic E-state index is 5.41. The monoisotopic (exact) mass is 198 g/mol. The van der Waals surface area contributed by atoms with E-state index in [1.165, 1.54) is 25.9 Å². The number of ether oxygens (including phenoxy) is 1. The molecule has 2 aliphatic heterocycles. The molecule has 0 radical (unpaired) electrons. The van der Waals surface area contributed by atoms with Crippen LogP contribution in [0.15, 0.2) is 0 Å². The van der Waals surface area contributed by atoms with Crippen LogP contribution in [-0.2, 0) is 4.74 Å². The van der Waals surface area contributed by atoms with Crippen LogP contribution in [0.25, 0.3) is 0 Å². The van der Waals surface area contributed by atoms with Gasteiger partial charge in [-0.05, 0) is 39.3 Å². The summed E-state index contributed by atoms with van der Waals surface area (Å²) in [6.07, 6.45) is 2.53. The molecule has 0 spiro atoms. The van der Waals surface area contributed by atoms with E-state index < -0.39 is 0 Å². The van der Waals surface area contributed by atoms with Gasteiger partial charge >= 0.3 is 0 Å². The van der Waals surface area contributed by atoms with Crippen molar-refractivity contribution in [2.45, 2.75) is 31.8 Å². The normalized spacial score (nSPS) is 36.4. The van der Waals surface area contributed by atoms with Crippen molar-refractivity contribution in [1.82, 2.24) is 10.2 Å². The summed E-state index contributed by atoms with van der Waals surface area (Å²) < 4.78 is 5.41. The van der Waals surface area contributed by atoms with Crippen LogP contribution in [0, 0.1) is 5.92 Å². The van der Waals surface area contributed by atoms with Crippen LogP contribution in [-0.4, -0.2) is 50.3 Å². The van der Waals surface area contributed by atoms with Gasteiger partial charge in [0.25, 0.3) is 0 Å². The van der Waals surface area contributed by atoms with E-state index in [1.807, 2.05) is 0 Å². The van der Waals surface area contributed by atoms with Crippen LogP contribution in [0.2, 0.25) is 0 Å². The molecule has 14 heavy (non-hydrogen) atoms. The number of likely N-dealkylation sites (N-methyl/N-ethyl adjacent to an activating group) is 1. The molecule has 0 bridgehead atoms. The molecule has 3 atom stereocenters. The van der Waals surface area contributed by atoms with Crippen molar-refractivity contribution in [3.8, 4) is 0 Å². The van der Waals surface area contributed by atoms with Crippen molar-refractivity contribution in [3.05, 3.63) is 0 Å². The molecule has 0 aromatic carbocycles. The molecule has 2 fully saturated rings. The molecule has 3 unspecified atom stereocenters. The molecule has 0 aromatic rings. The van der Waals surface area contributed by atoms with Gasteiger partial charge in [-0.15, -0.1) is 0 Å². The Kier molecular flexibility index (Phi) is 3.42. The van der Waals surface area contributed by atoms with Crippen molar-refractivity contribution >= 4 is 0 Å².